The van der Waals surface area contributed by atoms with Crippen molar-refractivity contribution >= 4 is 49.0 Å². The molecule has 2 heteroatoms. The number of hydrogen-bond donors (Lipinski definition) is 0. The van der Waals surface area contributed by atoms with E-state index in [4.69, 9.17) is 4.74 Å². The second kappa shape index (κ2) is 13.6. The Bertz CT molecular complexity index is 76.2. The molecule has 0 aromatic carbocycles. The Kier molecular flexibility index (Phi) is 15.3. The van der Waals surface area contributed by atoms with Crippen molar-refractivity contribution in [2.24, 2.45) is 0 Å². The van der Waals surface area contributed by atoms with E-state index in [9.17, 15) is 0 Å². The van der Waals surface area contributed by atoms with Crippen LogP contribution in [0, 0.1) is 0 Å². The molecule has 0 N–H and O–H groups in total. The zero-order chi connectivity index (χ0) is 9.78. The Labute approximate surface area is 118 Å². The van der Waals surface area contributed by atoms with Gasteiger partial charge in [0.2, 0.25) is 0 Å². The van der Waals surface area contributed by atoms with Gasteiger partial charge in [0, 0.05) is 0 Å². The van der Waals surface area contributed by atoms with Crippen molar-refractivity contribution in [1.82, 2.24) is 0 Å². The molecule has 0 atom stereocenters. The Hall–Kier alpha value is 1.60. The summed E-state index contributed by atoms with van der Waals surface area (Å²) < 4.78 is 6.94. The molecule has 0 aliphatic rings. The van der Waals surface area contributed by atoms with E-state index in [1.807, 2.05) is 0 Å². The zero-order valence-corrected chi connectivity index (χ0v) is 12.6. The van der Waals surface area contributed by atoms with Gasteiger partial charge in [-0.2, -0.15) is 0 Å². The average molecular weight is 210 g/mol. The van der Waals surface area contributed by atoms with Crippen LogP contribution in [0.3, 0.4) is 0 Å². The van der Waals surface area contributed by atoms with Crippen LogP contribution in [0.15, 0.2) is 0 Å². The summed E-state index contributed by atoms with van der Waals surface area (Å²) in [5.74, 6) is 0. The maximum atomic E-state index is 5.51. The third kappa shape index (κ3) is 13.6. The Balaban J connectivity index is 2.76. The molecule has 0 bridgehead atoms. The van der Waals surface area contributed by atoms with Crippen LogP contribution in [-0.4, -0.2) is 62.2 Å². The van der Waals surface area contributed by atoms with Crippen LogP contribution in [-0.2, 0) is 4.74 Å². The number of unbranched alkanes of at least 4 members (excludes halogenated alkanes) is 5. The molecule has 0 aromatic rings. The molecule has 0 spiro atoms. The van der Waals surface area contributed by atoms with E-state index in [-0.39, 0.29) is 0 Å². The fourth-order valence-electron chi connectivity index (χ4n) is 1.33. The normalized spacial score (nSPS) is 10.7. The maximum absolute atomic E-state index is 5.51. The summed E-state index contributed by atoms with van der Waals surface area (Å²) in [6.45, 7) is 4.27. The van der Waals surface area contributed by atoms with Crippen LogP contribution >= 0.6 is 0 Å². The van der Waals surface area contributed by atoms with Crippen LogP contribution in [0.2, 0.25) is 0.515 Å². The summed E-state index contributed by atoms with van der Waals surface area (Å²) in [5.41, 5.74) is 0. The minimum absolute atomic E-state index is 0.999. The van der Waals surface area contributed by atoms with Crippen molar-refractivity contribution in [2.75, 3.05) is 13.2 Å². The minimum atomic E-state index is 0.999. The van der Waals surface area contributed by atoms with Crippen molar-refractivity contribution in [3.8, 4) is 0 Å². The first-order valence-corrected chi connectivity index (χ1v) is 8.20. The van der Waals surface area contributed by atoms with E-state index < -0.39 is 0 Å². The molecular weight excluding hydrogens is 187 g/mol. The molecule has 0 heterocycles. The molecule has 0 saturated carbocycles. The SMILES string of the molecule is CCCCCCCCOCC[CH2][K]. The van der Waals surface area contributed by atoms with Crippen molar-refractivity contribution < 1.29 is 4.74 Å². The molecular formula is C11H23KO. The second-order valence-electron chi connectivity index (χ2n) is 3.73. The zero-order valence-electron chi connectivity index (χ0n) is 9.48. The predicted octanol–water partition coefficient (Wildman–Crippen LogP) is 3.34. The van der Waals surface area contributed by atoms with Gasteiger partial charge in [-0.1, -0.05) is 0 Å². The van der Waals surface area contributed by atoms with Crippen molar-refractivity contribution in [3.05, 3.63) is 0 Å². The van der Waals surface area contributed by atoms with E-state index in [0.717, 1.165) is 62.2 Å². The quantitative estimate of drug-likeness (QED) is 0.397. The number of rotatable bonds is 10. The third-order valence-corrected chi connectivity index (χ3v) is 3.39. The van der Waals surface area contributed by atoms with E-state index in [0.29, 0.717) is 0 Å². The van der Waals surface area contributed by atoms with Crippen LogP contribution in [0.5, 0.6) is 0 Å². The van der Waals surface area contributed by atoms with E-state index >= 15 is 0 Å². The van der Waals surface area contributed by atoms with Gasteiger partial charge in [-0.05, 0) is 0 Å². The van der Waals surface area contributed by atoms with Crippen molar-refractivity contribution in [2.45, 2.75) is 52.4 Å². The molecule has 0 saturated heterocycles. The van der Waals surface area contributed by atoms with Gasteiger partial charge in [0.05, 0.1) is 0 Å². The van der Waals surface area contributed by atoms with E-state index in [1.165, 1.54) is 45.5 Å². The molecule has 13 heavy (non-hydrogen) atoms. The molecule has 0 amide bonds. The van der Waals surface area contributed by atoms with Crippen LogP contribution < -0.4 is 0 Å². The van der Waals surface area contributed by atoms with Crippen LogP contribution in [0.25, 0.3) is 0 Å². The predicted molar refractivity (Wildman–Crippen MR) is 59.4 cm³/mol. The number of ether oxygens (including phenoxy) is 1. The van der Waals surface area contributed by atoms with Crippen LogP contribution in [0.1, 0.15) is 51.9 Å². The molecule has 0 rings (SSSR count). The van der Waals surface area contributed by atoms with Gasteiger partial charge >= 0.3 is 119 Å². The molecule has 0 aliphatic heterocycles. The van der Waals surface area contributed by atoms with Crippen molar-refractivity contribution in [3.63, 3.8) is 0 Å². The first kappa shape index (κ1) is 14.6. The molecule has 0 unspecified atom stereocenters. The third-order valence-electron chi connectivity index (χ3n) is 2.28. The summed E-state index contributed by atoms with van der Waals surface area (Å²) in [6.07, 6.45) is 9.51. The second-order valence-corrected chi connectivity index (χ2v) is 5.30. The fraction of sp³-hybridized carbons (Fsp3) is 1.00. The first-order chi connectivity index (χ1) is 6.41. The van der Waals surface area contributed by atoms with E-state index in [2.05, 4.69) is 6.92 Å². The molecule has 0 aromatic heterocycles. The molecule has 74 valence electrons. The van der Waals surface area contributed by atoms with Crippen LogP contribution in [0.4, 0.5) is 0 Å². The standard InChI is InChI=1S/C11H23O.K/c1-3-5-6-7-8-9-11-12-10-4-2;/h2-11H2,1H3;. The summed E-state index contributed by atoms with van der Waals surface area (Å²) in [4.78, 5) is 0. The van der Waals surface area contributed by atoms with Gasteiger partial charge in [-0.3, -0.25) is 0 Å². The summed E-state index contributed by atoms with van der Waals surface area (Å²) in [5, 5.41) is 0. The molecule has 0 fully saturated rings. The molecule has 0 aliphatic carbocycles. The van der Waals surface area contributed by atoms with Gasteiger partial charge in [-0.25, -0.2) is 0 Å². The Morgan fingerprint density at radius 2 is 1.46 bits per heavy atom. The van der Waals surface area contributed by atoms with Gasteiger partial charge in [0.1, 0.15) is 0 Å². The number of hydrogen-bond acceptors (Lipinski definition) is 1. The fourth-order valence-corrected chi connectivity index (χ4v) is 1.78. The van der Waals surface area contributed by atoms with Crippen molar-refractivity contribution in [1.29, 1.82) is 0 Å². The average Bonchev–Trinajstić information content (AvgIpc) is 2.16. The van der Waals surface area contributed by atoms with Gasteiger partial charge in [0.25, 0.3) is 0 Å². The summed E-state index contributed by atoms with van der Waals surface area (Å²) in [7, 11) is 0. The molecule has 0 radical (unpaired) electrons. The van der Waals surface area contributed by atoms with Gasteiger partial charge in [0.15, 0.2) is 0 Å². The van der Waals surface area contributed by atoms with Gasteiger partial charge < -0.3 is 0 Å². The summed E-state index contributed by atoms with van der Waals surface area (Å²) in [6, 6.07) is 0. The molecule has 1 nitrogen and oxygen atoms in total. The van der Waals surface area contributed by atoms with Gasteiger partial charge in [-0.15, -0.1) is 0 Å². The van der Waals surface area contributed by atoms with E-state index in [1.54, 1.807) is 0 Å². The topological polar surface area (TPSA) is 9.23 Å². The monoisotopic (exact) mass is 210 g/mol. The Morgan fingerprint density at radius 3 is 2.15 bits per heavy atom. The Morgan fingerprint density at radius 1 is 0.846 bits per heavy atom. The summed E-state index contributed by atoms with van der Waals surface area (Å²) >= 11 is 1.02. The first-order valence-electron chi connectivity index (χ1n) is 5.99.